The number of amides is 1. The topological polar surface area (TPSA) is 55.4 Å². The lowest BCUT2D eigenvalue weighted by molar-refractivity contribution is -0.144. The van der Waals surface area contributed by atoms with Crippen molar-refractivity contribution < 1.29 is 14.3 Å². The number of carbonyl (C=O) groups excluding carboxylic acids is 2. The summed E-state index contributed by atoms with van der Waals surface area (Å²) in [6.45, 7) is 2.80. The molecule has 0 bridgehead atoms. The predicted molar refractivity (Wildman–Crippen MR) is 70.0 cm³/mol. The molecule has 4 nitrogen and oxygen atoms in total. The number of rotatable bonds is 7. The van der Waals surface area contributed by atoms with E-state index in [1.54, 1.807) is 6.92 Å². The molecule has 0 fully saturated rings. The minimum atomic E-state index is -0.303. The second-order valence-electron chi connectivity index (χ2n) is 4.51. The molecule has 0 aliphatic heterocycles. The molecule has 0 saturated heterocycles. The van der Waals surface area contributed by atoms with Crippen LogP contribution in [-0.2, 0) is 14.3 Å². The summed E-state index contributed by atoms with van der Waals surface area (Å²) in [4.78, 5) is 22.5. The van der Waals surface area contributed by atoms with E-state index >= 15 is 0 Å². The van der Waals surface area contributed by atoms with Crippen LogP contribution in [-0.4, -0.2) is 25.0 Å². The Balaban J connectivity index is 2.06. The van der Waals surface area contributed by atoms with Gasteiger partial charge in [0.2, 0.25) is 5.91 Å². The zero-order valence-corrected chi connectivity index (χ0v) is 11.2. The Morgan fingerprint density at radius 1 is 1.33 bits per heavy atom. The Hall–Kier alpha value is -1.32. The van der Waals surface area contributed by atoms with Crippen LogP contribution in [0.15, 0.2) is 11.6 Å². The van der Waals surface area contributed by atoms with E-state index in [1.165, 1.54) is 31.3 Å². The highest BCUT2D eigenvalue weighted by Crippen LogP contribution is 2.19. The first-order valence-corrected chi connectivity index (χ1v) is 6.82. The number of hydrogen-bond donors (Lipinski definition) is 1. The number of ether oxygens (including phenoxy) is 1. The van der Waals surface area contributed by atoms with Crippen LogP contribution in [0.2, 0.25) is 0 Å². The summed E-state index contributed by atoms with van der Waals surface area (Å²) in [6.07, 6.45) is 8.50. The number of nitrogens with one attached hydrogen (secondary N) is 1. The monoisotopic (exact) mass is 253 g/mol. The van der Waals surface area contributed by atoms with Gasteiger partial charge in [0, 0.05) is 13.0 Å². The van der Waals surface area contributed by atoms with Gasteiger partial charge in [-0.1, -0.05) is 11.6 Å². The molecule has 1 amide bonds. The van der Waals surface area contributed by atoms with Crippen molar-refractivity contribution in [1.29, 1.82) is 0 Å². The molecule has 0 aromatic carbocycles. The van der Waals surface area contributed by atoms with Crippen LogP contribution in [0.25, 0.3) is 0 Å². The van der Waals surface area contributed by atoms with E-state index in [0.717, 1.165) is 6.42 Å². The average molecular weight is 253 g/mol. The van der Waals surface area contributed by atoms with Crippen molar-refractivity contribution in [2.45, 2.75) is 51.9 Å². The first kappa shape index (κ1) is 14.7. The summed E-state index contributed by atoms with van der Waals surface area (Å²) in [7, 11) is 0. The quantitative estimate of drug-likeness (QED) is 0.559. The summed E-state index contributed by atoms with van der Waals surface area (Å²) in [5.74, 6) is -0.373. The van der Waals surface area contributed by atoms with Crippen molar-refractivity contribution in [2.24, 2.45) is 0 Å². The molecule has 0 atom stereocenters. The second-order valence-corrected chi connectivity index (χ2v) is 4.51. The number of allylic oxidation sites excluding steroid dienone is 1. The van der Waals surface area contributed by atoms with E-state index in [0.29, 0.717) is 13.2 Å². The first-order chi connectivity index (χ1) is 8.72. The van der Waals surface area contributed by atoms with E-state index in [-0.39, 0.29) is 24.7 Å². The normalized spacial score (nSPS) is 14.8. The minimum absolute atomic E-state index is 0.0699. The van der Waals surface area contributed by atoms with Crippen molar-refractivity contribution in [3.63, 3.8) is 0 Å². The van der Waals surface area contributed by atoms with Crippen LogP contribution in [0.3, 0.4) is 0 Å². The largest absolute Gasteiger partial charge is 0.466 e. The van der Waals surface area contributed by atoms with Gasteiger partial charge < -0.3 is 10.1 Å². The van der Waals surface area contributed by atoms with Gasteiger partial charge >= 0.3 is 5.97 Å². The van der Waals surface area contributed by atoms with Gasteiger partial charge in [-0.05, 0) is 39.0 Å². The fraction of sp³-hybridized carbons (Fsp3) is 0.714. The molecule has 1 rings (SSSR count). The second kappa shape index (κ2) is 8.72. The number of hydrogen-bond acceptors (Lipinski definition) is 3. The van der Waals surface area contributed by atoms with Gasteiger partial charge in [0.1, 0.15) is 0 Å². The summed E-state index contributed by atoms with van der Waals surface area (Å²) >= 11 is 0. The van der Waals surface area contributed by atoms with Gasteiger partial charge in [0.05, 0.1) is 13.0 Å². The van der Waals surface area contributed by atoms with Crippen molar-refractivity contribution in [2.75, 3.05) is 13.2 Å². The van der Waals surface area contributed by atoms with E-state index in [2.05, 4.69) is 11.4 Å². The summed E-state index contributed by atoms with van der Waals surface area (Å²) < 4.78 is 4.76. The van der Waals surface area contributed by atoms with Crippen LogP contribution in [0.1, 0.15) is 51.9 Å². The standard InChI is InChI=1S/C14H23NO3/c1-2-18-14(17)9-8-13(16)15-11-10-12-6-4-3-5-7-12/h6H,2-5,7-11H2,1H3,(H,15,16). The molecule has 0 unspecified atom stereocenters. The van der Waals surface area contributed by atoms with Gasteiger partial charge in [-0.2, -0.15) is 0 Å². The predicted octanol–water partition coefficient (Wildman–Crippen LogP) is 2.34. The molecule has 1 aliphatic rings. The van der Waals surface area contributed by atoms with Crippen LogP contribution >= 0.6 is 0 Å². The molecule has 0 radical (unpaired) electrons. The molecule has 0 heterocycles. The molecule has 0 saturated carbocycles. The maximum Gasteiger partial charge on any atom is 0.306 e. The highest BCUT2D eigenvalue weighted by molar-refractivity contribution is 5.81. The smallest absolute Gasteiger partial charge is 0.306 e. The summed E-state index contributed by atoms with van der Waals surface area (Å²) in [5, 5.41) is 2.84. The van der Waals surface area contributed by atoms with Gasteiger partial charge in [-0.3, -0.25) is 9.59 Å². The molecule has 1 aliphatic carbocycles. The lowest BCUT2D eigenvalue weighted by atomic mass is 9.97. The van der Waals surface area contributed by atoms with Crippen molar-refractivity contribution in [1.82, 2.24) is 5.32 Å². The average Bonchev–Trinajstić information content (AvgIpc) is 2.38. The molecule has 18 heavy (non-hydrogen) atoms. The Labute approximate surface area is 109 Å². The van der Waals surface area contributed by atoms with E-state index in [9.17, 15) is 9.59 Å². The van der Waals surface area contributed by atoms with Crippen molar-refractivity contribution in [3.8, 4) is 0 Å². The number of esters is 1. The first-order valence-electron chi connectivity index (χ1n) is 6.82. The lowest BCUT2D eigenvalue weighted by Crippen LogP contribution is -2.25. The minimum Gasteiger partial charge on any atom is -0.466 e. The molecule has 1 N–H and O–H groups in total. The van der Waals surface area contributed by atoms with Crippen molar-refractivity contribution >= 4 is 11.9 Å². The fourth-order valence-electron chi connectivity index (χ4n) is 2.03. The van der Waals surface area contributed by atoms with Gasteiger partial charge in [-0.25, -0.2) is 0 Å². The van der Waals surface area contributed by atoms with Crippen LogP contribution in [0.5, 0.6) is 0 Å². The van der Waals surface area contributed by atoms with Crippen molar-refractivity contribution in [3.05, 3.63) is 11.6 Å². The van der Waals surface area contributed by atoms with E-state index in [4.69, 9.17) is 4.74 Å². The number of carbonyl (C=O) groups is 2. The van der Waals surface area contributed by atoms with E-state index in [1.807, 2.05) is 0 Å². The Kier molecular flexibility index (Phi) is 7.14. The molecule has 4 heteroatoms. The third kappa shape index (κ3) is 6.42. The lowest BCUT2D eigenvalue weighted by Gasteiger charge is -2.12. The molecule has 0 aromatic heterocycles. The van der Waals surface area contributed by atoms with Crippen LogP contribution in [0.4, 0.5) is 0 Å². The molecule has 0 aromatic rings. The maximum atomic E-state index is 11.5. The Morgan fingerprint density at radius 2 is 2.17 bits per heavy atom. The molecule has 102 valence electrons. The zero-order chi connectivity index (χ0) is 13.2. The van der Waals surface area contributed by atoms with Gasteiger partial charge in [0.15, 0.2) is 0 Å². The highest BCUT2D eigenvalue weighted by Gasteiger charge is 2.08. The summed E-state index contributed by atoms with van der Waals surface area (Å²) in [5.41, 5.74) is 1.45. The highest BCUT2D eigenvalue weighted by atomic mass is 16.5. The SMILES string of the molecule is CCOC(=O)CCC(=O)NCCC1=CCCCC1. The maximum absolute atomic E-state index is 11.5. The third-order valence-corrected chi connectivity index (χ3v) is 3.01. The molecular weight excluding hydrogens is 230 g/mol. The van der Waals surface area contributed by atoms with Crippen LogP contribution in [0, 0.1) is 0 Å². The zero-order valence-electron chi connectivity index (χ0n) is 11.2. The molecular formula is C14H23NO3. The fourth-order valence-corrected chi connectivity index (χ4v) is 2.03. The molecule has 0 spiro atoms. The Bertz CT molecular complexity index is 310. The third-order valence-electron chi connectivity index (χ3n) is 3.01. The summed E-state index contributed by atoms with van der Waals surface area (Å²) in [6, 6.07) is 0. The van der Waals surface area contributed by atoms with Gasteiger partial charge in [-0.15, -0.1) is 0 Å². The van der Waals surface area contributed by atoms with Gasteiger partial charge in [0.25, 0.3) is 0 Å². The Morgan fingerprint density at radius 3 is 2.83 bits per heavy atom. The van der Waals surface area contributed by atoms with E-state index < -0.39 is 0 Å². The van der Waals surface area contributed by atoms with Crippen LogP contribution < -0.4 is 5.32 Å².